The zero-order valence-corrected chi connectivity index (χ0v) is 12.7. The van der Waals surface area contributed by atoms with Gasteiger partial charge >= 0.3 is 5.97 Å². The number of benzene rings is 1. The van der Waals surface area contributed by atoms with Gasteiger partial charge in [0.2, 0.25) is 5.91 Å². The Kier molecular flexibility index (Phi) is 3.93. The second kappa shape index (κ2) is 5.72. The largest absolute Gasteiger partial charge is 0.481 e. The number of amides is 1. The van der Waals surface area contributed by atoms with E-state index in [0.717, 1.165) is 29.8 Å². The number of carbonyl (C=O) groups is 2. The molecule has 0 heterocycles. The van der Waals surface area contributed by atoms with Crippen LogP contribution in [0.25, 0.3) is 0 Å². The molecule has 2 fully saturated rings. The van der Waals surface area contributed by atoms with E-state index >= 15 is 0 Å². The smallest absolute Gasteiger partial charge is 0.307 e. The molecule has 1 aromatic carbocycles. The van der Waals surface area contributed by atoms with Crippen LogP contribution >= 0.6 is 11.8 Å². The molecule has 4 atom stereocenters. The van der Waals surface area contributed by atoms with Gasteiger partial charge in [-0.05, 0) is 49.5 Å². The molecule has 2 aliphatic rings. The summed E-state index contributed by atoms with van der Waals surface area (Å²) in [6.07, 6.45) is 4.78. The van der Waals surface area contributed by atoms with Crippen LogP contribution in [0, 0.1) is 23.7 Å². The van der Waals surface area contributed by atoms with Crippen LogP contribution in [0.3, 0.4) is 0 Å². The molecule has 0 radical (unpaired) electrons. The van der Waals surface area contributed by atoms with E-state index in [0.29, 0.717) is 0 Å². The molecule has 4 nitrogen and oxygen atoms in total. The molecule has 0 saturated heterocycles. The Morgan fingerprint density at radius 3 is 2.52 bits per heavy atom. The molecule has 112 valence electrons. The number of thioether (sulfide) groups is 1. The molecule has 2 N–H and O–H groups in total. The number of aliphatic carboxylic acids is 1. The Hall–Kier alpha value is -1.49. The normalized spacial score (nSPS) is 30.3. The predicted octanol–water partition coefficient (Wildman–Crippen LogP) is 3.09. The monoisotopic (exact) mass is 305 g/mol. The van der Waals surface area contributed by atoms with E-state index < -0.39 is 11.9 Å². The third-order valence-electron chi connectivity index (χ3n) is 4.87. The first-order valence-corrected chi connectivity index (χ1v) is 8.51. The highest BCUT2D eigenvalue weighted by atomic mass is 32.2. The average Bonchev–Trinajstić information content (AvgIpc) is 3.08. The van der Waals surface area contributed by atoms with Gasteiger partial charge in [-0.1, -0.05) is 12.1 Å². The maximum Gasteiger partial charge on any atom is 0.307 e. The van der Waals surface area contributed by atoms with Gasteiger partial charge in [0.1, 0.15) is 0 Å². The SMILES string of the molecule is CSc1ccccc1NC(=O)[C@@H]1[C@H]2CC[C@@H](C2)[C@@H]1C(=O)O. The molecule has 0 unspecified atom stereocenters. The quantitative estimate of drug-likeness (QED) is 0.839. The fourth-order valence-electron chi connectivity index (χ4n) is 3.99. The Labute approximate surface area is 128 Å². The number of nitrogens with one attached hydrogen (secondary N) is 1. The third kappa shape index (κ3) is 2.55. The number of carbonyl (C=O) groups excluding carboxylic acids is 1. The van der Waals surface area contributed by atoms with Crippen molar-refractivity contribution in [3.8, 4) is 0 Å². The highest BCUT2D eigenvalue weighted by Crippen LogP contribution is 2.52. The van der Waals surface area contributed by atoms with E-state index in [-0.39, 0.29) is 23.7 Å². The van der Waals surface area contributed by atoms with E-state index in [4.69, 9.17) is 0 Å². The number of anilines is 1. The summed E-state index contributed by atoms with van der Waals surface area (Å²) in [4.78, 5) is 25.1. The van der Waals surface area contributed by atoms with Crippen LogP contribution in [0.1, 0.15) is 19.3 Å². The topological polar surface area (TPSA) is 66.4 Å². The Balaban J connectivity index is 1.80. The van der Waals surface area contributed by atoms with Gasteiger partial charge in [-0.25, -0.2) is 0 Å². The standard InChI is InChI=1S/C16H19NO3S/c1-21-12-5-3-2-4-11(12)17-15(18)13-9-6-7-10(8-9)14(13)16(19)20/h2-5,9-10,13-14H,6-8H2,1H3,(H,17,18)(H,19,20)/t9-,10-,13+,14-/m0/s1. The summed E-state index contributed by atoms with van der Waals surface area (Å²) >= 11 is 1.57. The van der Waals surface area contributed by atoms with Crippen LogP contribution in [-0.4, -0.2) is 23.2 Å². The fourth-order valence-corrected chi connectivity index (χ4v) is 4.54. The molecule has 2 saturated carbocycles. The number of carboxylic acid groups (broad SMARTS) is 1. The van der Waals surface area contributed by atoms with Gasteiger partial charge in [0.05, 0.1) is 17.5 Å². The molecular formula is C16H19NO3S. The highest BCUT2D eigenvalue weighted by molar-refractivity contribution is 7.98. The van der Waals surface area contributed by atoms with Crippen LogP contribution in [0.2, 0.25) is 0 Å². The Bertz CT molecular complexity index is 574. The van der Waals surface area contributed by atoms with Crippen molar-refractivity contribution in [2.24, 2.45) is 23.7 Å². The van der Waals surface area contributed by atoms with E-state index in [2.05, 4.69) is 5.32 Å². The molecule has 2 aliphatic carbocycles. The van der Waals surface area contributed by atoms with Crippen LogP contribution < -0.4 is 5.32 Å². The van der Waals surface area contributed by atoms with Crippen molar-refractivity contribution in [2.75, 3.05) is 11.6 Å². The first-order valence-electron chi connectivity index (χ1n) is 7.28. The summed E-state index contributed by atoms with van der Waals surface area (Å²) in [5, 5.41) is 12.4. The Morgan fingerprint density at radius 2 is 1.86 bits per heavy atom. The van der Waals surface area contributed by atoms with Gasteiger partial charge in [0, 0.05) is 4.90 Å². The first kappa shape index (κ1) is 14.4. The minimum Gasteiger partial charge on any atom is -0.481 e. The lowest BCUT2D eigenvalue weighted by Gasteiger charge is -2.27. The third-order valence-corrected chi connectivity index (χ3v) is 5.66. The van der Waals surface area contributed by atoms with Crippen molar-refractivity contribution in [2.45, 2.75) is 24.2 Å². The van der Waals surface area contributed by atoms with E-state index in [1.54, 1.807) is 11.8 Å². The molecule has 5 heteroatoms. The van der Waals surface area contributed by atoms with E-state index in [1.165, 1.54) is 0 Å². The number of hydrogen-bond donors (Lipinski definition) is 2. The van der Waals surface area contributed by atoms with Crippen LogP contribution in [0.15, 0.2) is 29.2 Å². The number of rotatable bonds is 4. The lowest BCUT2D eigenvalue weighted by Crippen LogP contribution is -2.37. The molecule has 21 heavy (non-hydrogen) atoms. The number of carboxylic acids is 1. The number of para-hydroxylation sites is 1. The summed E-state index contributed by atoms with van der Waals surface area (Å²) in [6, 6.07) is 7.63. The van der Waals surface area contributed by atoms with Crippen molar-refractivity contribution >= 4 is 29.3 Å². The van der Waals surface area contributed by atoms with E-state index in [1.807, 2.05) is 30.5 Å². The van der Waals surface area contributed by atoms with Crippen molar-refractivity contribution in [3.63, 3.8) is 0 Å². The van der Waals surface area contributed by atoms with Crippen molar-refractivity contribution in [3.05, 3.63) is 24.3 Å². The molecule has 0 aliphatic heterocycles. The predicted molar refractivity (Wildman–Crippen MR) is 82.3 cm³/mol. The minimum atomic E-state index is -0.819. The van der Waals surface area contributed by atoms with Crippen molar-refractivity contribution < 1.29 is 14.7 Å². The second-order valence-electron chi connectivity index (χ2n) is 5.91. The Morgan fingerprint density at radius 1 is 1.19 bits per heavy atom. The lowest BCUT2D eigenvalue weighted by molar-refractivity contribution is -0.148. The van der Waals surface area contributed by atoms with Gasteiger partial charge in [0.15, 0.2) is 0 Å². The minimum absolute atomic E-state index is 0.129. The molecule has 0 aromatic heterocycles. The molecule has 0 spiro atoms. The maximum absolute atomic E-state index is 12.6. The second-order valence-corrected chi connectivity index (χ2v) is 6.76. The molecule has 3 rings (SSSR count). The summed E-state index contributed by atoms with van der Waals surface area (Å²) in [5.74, 6) is -1.42. The number of fused-ring (bicyclic) bond motifs is 2. The van der Waals surface area contributed by atoms with Gasteiger partial charge in [-0.3, -0.25) is 9.59 Å². The zero-order chi connectivity index (χ0) is 15.0. The number of hydrogen-bond acceptors (Lipinski definition) is 3. The van der Waals surface area contributed by atoms with Crippen molar-refractivity contribution in [1.82, 2.24) is 0 Å². The highest BCUT2D eigenvalue weighted by Gasteiger charge is 2.54. The van der Waals surface area contributed by atoms with Gasteiger partial charge in [-0.15, -0.1) is 11.8 Å². The molecular weight excluding hydrogens is 286 g/mol. The van der Waals surface area contributed by atoms with Gasteiger partial charge in [0.25, 0.3) is 0 Å². The van der Waals surface area contributed by atoms with Crippen LogP contribution in [0.5, 0.6) is 0 Å². The molecule has 1 aromatic rings. The van der Waals surface area contributed by atoms with Gasteiger partial charge < -0.3 is 10.4 Å². The summed E-state index contributed by atoms with van der Waals surface area (Å²) < 4.78 is 0. The average molecular weight is 305 g/mol. The first-order chi connectivity index (χ1) is 10.1. The molecule has 2 bridgehead atoms. The summed E-state index contributed by atoms with van der Waals surface area (Å²) in [7, 11) is 0. The van der Waals surface area contributed by atoms with Crippen LogP contribution in [0.4, 0.5) is 5.69 Å². The van der Waals surface area contributed by atoms with Crippen molar-refractivity contribution in [1.29, 1.82) is 0 Å². The maximum atomic E-state index is 12.6. The fraction of sp³-hybridized carbons (Fsp3) is 0.500. The molecule has 1 amide bonds. The van der Waals surface area contributed by atoms with E-state index in [9.17, 15) is 14.7 Å². The van der Waals surface area contributed by atoms with Crippen LogP contribution in [-0.2, 0) is 9.59 Å². The summed E-state index contributed by atoms with van der Waals surface area (Å²) in [6.45, 7) is 0. The zero-order valence-electron chi connectivity index (χ0n) is 11.9. The summed E-state index contributed by atoms with van der Waals surface area (Å²) in [5.41, 5.74) is 0.780. The van der Waals surface area contributed by atoms with Gasteiger partial charge in [-0.2, -0.15) is 0 Å². The lowest BCUT2D eigenvalue weighted by atomic mass is 9.78.